The number of carbonyl (C=O) groups is 1. The summed E-state index contributed by atoms with van der Waals surface area (Å²) in [6, 6.07) is 10.4. The minimum atomic E-state index is -0.116. The van der Waals surface area contributed by atoms with Gasteiger partial charge in [0, 0.05) is 24.1 Å². The predicted molar refractivity (Wildman–Crippen MR) is 108 cm³/mol. The van der Waals surface area contributed by atoms with E-state index in [4.69, 9.17) is 0 Å². The van der Waals surface area contributed by atoms with Crippen molar-refractivity contribution in [2.45, 2.75) is 64.3 Å². The quantitative estimate of drug-likeness (QED) is 0.690. The largest absolute Gasteiger partial charge is 0.381 e. The van der Waals surface area contributed by atoms with Crippen LogP contribution in [-0.4, -0.2) is 16.9 Å². The molecule has 1 amide bonds. The Kier molecular flexibility index (Phi) is 6.26. The van der Waals surface area contributed by atoms with Gasteiger partial charge >= 0.3 is 0 Å². The third-order valence-electron chi connectivity index (χ3n) is 5.06. The van der Waals surface area contributed by atoms with E-state index in [1.807, 2.05) is 30.5 Å². The van der Waals surface area contributed by atoms with Gasteiger partial charge in [-0.25, -0.2) is 0 Å². The van der Waals surface area contributed by atoms with Crippen LogP contribution in [0.2, 0.25) is 0 Å². The van der Waals surface area contributed by atoms with Crippen molar-refractivity contribution in [3.63, 3.8) is 0 Å². The Morgan fingerprint density at radius 2 is 1.81 bits per heavy atom. The molecule has 26 heavy (non-hydrogen) atoms. The zero-order valence-corrected chi connectivity index (χ0v) is 15.8. The maximum absolute atomic E-state index is 12.7. The molecule has 2 aromatic rings. The summed E-state index contributed by atoms with van der Waals surface area (Å²) in [5, 5.41) is 6.61. The summed E-state index contributed by atoms with van der Waals surface area (Å²) in [5.41, 5.74) is 3.53. The molecule has 1 fully saturated rings. The lowest BCUT2D eigenvalue weighted by Crippen LogP contribution is -2.19. The molecule has 0 bridgehead atoms. The maximum atomic E-state index is 12.7. The van der Waals surface area contributed by atoms with Crippen molar-refractivity contribution in [2.24, 2.45) is 0 Å². The molecule has 0 radical (unpaired) electrons. The lowest BCUT2D eigenvalue weighted by atomic mass is 10.0. The second-order valence-corrected chi connectivity index (χ2v) is 7.49. The minimum Gasteiger partial charge on any atom is -0.381 e. The highest BCUT2D eigenvalue weighted by Crippen LogP contribution is 2.25. The standard InChI is InChI=1S/C22H29N3O/c1-16(2)20-11-7-8-12-21(20)25-22(26)17-13-19(15-23-14-17)24-18-9-5-3-4-6-10-18/h7-8,11-16,18,24H,3-6,9-10H2,1-2H3,(H,25,26). The van der Waals surface area contributed by atoms with Crippen molar-refractivity contribution in [1.29, 1.82) is 0 Å². The fourth-order valence-corrected chi connectivity index (χ4v) is 3.61. The van der Waals surface area contributed by atoms with Crippen molar-refractivity contribution in [1.82, 2.24) is 4.98 Å². The van der Waals surface area contributed by atoms with E-state index in [2.05, 4.69) is 35.5 Å². The molecular weight excluding hydrogens is 322 g/mol. The van der Waals surface area contributed by atoms with E-state index in [1.54, 1.807) is 6.20 Å². The minimum absolute atomic E-state index is 0.116. The number of aromatic nitrogens is 1. The SMILES string of the molecule is CC(C)c1ccccc1NC(=O)c1cncc(NC2CCCCCC2)c1. The molecule has 1 heterocycles. The molecule has 4 heteroatoms. The zero-order valence-electron chi connectivity index (χ0n) is 15.8. The molecule has 2 N–H and O–H groups in total. The van der Waals surface area contributed by atoms with Crippen LogP contribution in [0.4, 0.5) is 11.4 Å². The molecule has 3 rings (SSSR count). The summed E-state index contributed by atoms with van der Waals surface area (Å²) in [6.07, 6.45) is 11.0. The first kappa shape index (κ1) is 18.4. The number of nitrogens with zero attached hydrogens (tertiary/aromatic N) is 1. The van der Waals surface area contributed by atoms with E-state index < -0.39 is 0 Å². The first-order valence-corrected chi connectivity index (χ1v) is 9.75. The number of anilines is 2. The average Bonchev–Trinajstić information content (AvgIpc) is 2.91. The molecule has 1 aliphatic carbocycles. The zero-order chi connectivity index (χ0) is 18.4. The molecule has 1 saturated carbocycles. The second-order valence-electron chi connectivity index (χ2n) is 7.49. The Morgan fingerprint density at radius 3 is 2.54 bits per heavy atom. The van der Waals surface area contributed by atoms with Crippen molar-refractivity contribution >= 4 is 17.3 Å². The molecule has 0 atom stereocenters. The first-order chi connectivity index (χ1) is 12.6. The molecule has 0 unspecified atom stereocenters. The number of hydrogen-bond acceptors (Lipinski definition) is 3. The molecule has 1 aromatic carbocycles. The van der Waals surface area contributed by atoms with Crippen molar-refractivity contribution in [3.05, 3.63) is 53.9 Å². The van der Waals surface area contributed by atoms with Gasteiger partial charge in [0.1, 0.15) is 0 Å². The number of benzene rings is 1. The number of hydrogen-bond donors (Lipinski definition) is 2. The lowest BCUT2D eigenvalue weighted by Gasteiger charge is -2.18. The smallest absolute Gasteiger partial charge is 0.257 e. The third-order valence-corrected chi connectivity index (χ3v) is 5.06. The molecule has 0 spiro atoms. The third kappa shape index (κ3) is 4.84. The summed E-state index contributed by atoms with van der Waals surface area (Å²) in [6.45, 7) is 4.26. The molecule has 0 saturated heterocycles. The fraction of sp³-hybridized carbons (Fsp3) is 0.455. The van der Waals surface area contributed by atoms with Crippen molar-refractivity contribution < 1.29 is 4.79 Å². The van der Waals surface area contributed by atoms with Crippen LogP contribution >= 0.6 is 0 Å². The van der Waals surface area contributed by atoms with Crippen LogP contribution in [-0.2, 0) is 0 Å². The lowest BCUT2D eigenvalue weighted by molar-refractivity contribution is 0.102. The second kappa shape index (κ2) is 8.84. The van der Waals surface area contributed by atoms with Crippen LogP contribution in [0.1, 0.15) is 74.2 Å². The van der Waals surface area contributed by atoms with Gasteiger partial charge in [0.05, 0.1) is 11.3 Å². The van der Waals surface area contributed by atoms with Crippen molar-refractivity contribution in [2.75, 3.05) is 10.6 Å². The summed E-state index contributed by atoms with van der Waals surface area (Å²) in [4.78, 5) is 17.0. The van der Waals surface area contributed by atoms with E-state index in [1.165, 1.54) is 38.5 Å². The Hall–Kier alpha value is -2.36. The predicted octanol–water partition coefficient (Wildman–Crippen LogP) is 5.59. The normalized spacial score (nSPS) is 15.5. The van der Waals surface area contributed by atoms with E-state index >= 15 is 0 Å². The van der Waals surface area contributed by atoms with E-state index in [0.717, 1.165) is 16.9 Å². The van der Waals surface area contributed by atoms with E-state index in [9.17, 15) is 4.79 Å². The summed E-state index contributed by atoms with van der Waals surface area (Å²) in [7, 11) is 0. The van der Waals surface area contributed by atoms with Gasteiger partial charge in [-0.05, 0) is 36.5 Å². The highest BCUT2D eigenvalue weighted by molar-refractivity contribution is 6.05. The van der Waals surface area contributed by atoms with Gasteiger partial charge in [-0.3, -0.25) is 9.78 Å². The van der Waals surface area contributed by atoms with Crippen LogP contribution < -0.4 is 10.6 Å². The number of nitrogens with one attached hydrogen (secondary N) is 2. The van der Waals surface area contributed by atoms with Gasteiger partial charge in [-0.15, -0.1) is 0 Å². The number of para-hydroxylation sites is 1. The van der Waals surface area contributed by atoms with Gasteiger partial charge in [0.25, 0.3) is 5.91 Å². The van der Waals surface area contributed by atoms with Crippen LogP contribution in [0.3, 0.4) is 0 Å². The average molecular weight is 351 g/mol. The monoisotopic (exact) mass is 351 g/mol. The van der Waals surface area contributed by atoms with E-state index in [0.29, 0.717) is 17.5 Å². The summed E-state index contributed by atoms with van der Waals surface area (Å²) in [5.74, 6) is 0.239. The first-order valence-electron chi connectivity index (χ1n) is 9.75. The molecule has 1 aromatic heterocycles. The van der Waals surface area contributed by atoms with Crippen LogP contribution in [0.5, 0.6) is 0 Å². The molecule has 1 aliphatic rings. The van der Waals surface area contributed by atoms with Gasteiger partial charge in [0.2, 0.25) is 0 Å². The highest BCUT2D eigenvalue weighted by Gasteiger charge is 2.14. The van der Waals surface area contributed by atoms with Crippen LogP contribution in [0, 0.1) is 0 Å². The molecule has 4 nitrogen and oxygen atoms in total. The summed E-state index contributed by atoms with van der Waals surface area (Å²) < 4.78 is 0. The van der Waals surface area contributed by atoms with Gasteiger partial charge < -0.3 is 10.6 Å². The molecule has 138 valence electrons. The topological polar surface area (TPSA) is 54.0 Å². The summed E-state index contributed by atoms with van der Waals surface area (Å²) >= 11 is 0. The number of rotatable bonds is 5. The van der Waals surface area contributed by atoms with Gasteiger partial charge in [-0.1, -0.05) is 57.7 Å². The van der Waals surface area contributed by atoms with E-state index in [-0.39, 0.29) is 5.91 Å². The number of amides is 1. The number of pyridine rings is 1. The Labute approximate surface area is 156 Å². The Bertz CT molecular complexity index is 734. The molecule has 0 aliphatic heterocycles. The van der Waals surface area contributed by atoms with Crippen LogP contribution in [0.25, 0.3) is 0 Å². The van der Waals surface area contributed by atoms with Crippen LogP contribution in [0.15, 0.2) is 42.7 Å². The fourth-order valence-electron chi connectivity index (χ4n) is 3.61. The highest BCUT2D eigenvalue weighted by atomic mass is 16.1. The Balaban J connectivity index is 1.70. The van der Waals surface area contributed by atoms with Crippen molar-refractivity contribution in [3.8, 4) is 0 Å². The van der Waals surface area contributed by atoms with Gasteiger partial charge in [-0.2, -0.15) is 0 Å². The Morgan fingerprint density at radius 1 is 1.08 bits per heavy atom. The van der Waals surface area contributed by atoms with Gasteiger partial charge in [0.15, 0.2) is 0 Å². The maximum Gasteiger partial charge on any atom is 0.257 e. The number of carbonyl (C=O) groups excluding carboxylic acids is 1. The molecular formula is C22H29N3O.